The van der Waals surface area contributed by atoms with Crippen LogP contribution in [0.1, 0.15) is 25.8 Å². The first kappa shape index (κ1) is 22.3. The average molecular weight is 424 g/mol. The number of carbonyl (C=O) groups is 3. The minimum atomic E-state index is -1.76. The zero-order valence-corrected chi connectivity index (χ0v) is 17.9. The van der Waals surface area contributed by atoms with E-state index in [1.807, 2.05) is 60.7 Å². The second kappa shape index (κ2) is 10.1. The van der Waals surface area contributed by atoms with Crippen LogP contribution in [0.4, 0.5) is 5.69 Å². The largest absolute Gasteiger partial charge is 0.465 e. The molecular weight excluding hydrogens is 396 g/mol. The highest BCUT2D eigenvalue weighted by atomic mass is 16.6. The van der Waals surface area contributed by atoms with Crippen molar-refractivity contribution in [2.75, 3.05) is 25.1 Å². The van der Waals surface area contributed by atoms with E-state index in [2.05, 4.69) is 5.32 Å². The number of nitrogens with one attached hydrogen (secondary N) is 1. The van der Waals surface area contributed by atoms with Crippen molar-refractivity contribution in [1.82, 2.24) is 4.90 Å². The van der Waals surface area contributed by atoms with E-state index in [1.54, 1.807) is 18.7 Å². The number of para-hydroxylation sites is 1. The molecule has 0 aliphatic carbocycles. The second-order valence-corrected chi connectivity index (χ2v) is 7.41. The molecule has 0 radical (unpaired) electrons. The lowest BCUT2D eigenvalue weighted by Crippen LogP contribution is -2.63. The predicted octanol–water partition coefficient (Wildman–Crippen LogP) is 3.01. The van der Waals surface area contributed by atoms with Gasteiger partial charge in [0, 0.05) is 18.8 Å². The van der Waals surface area contributed by atoms with Crippen LogP contribution in [0.3, 0.4) is 0 Å². The molecule has 1 amide bonds. The predicted molar refractivity (Wildman–Crippen MR) is 116 cm³/mol. The van der Waals surface area contributed by atoms with Crippen molar-refractivity contribution >= 4 is 23.5 Å². The molecule has 7 heteroatoms. The highest BCUT2D eigenvalue weighted by molar-refractivity contribution is 6.06. The maximum absolute atomic E-state index is 13.1. The van der Waals surface area contributed by atoms with Crippen LogP contribution >= 0.6 is 0 Å². The second-order valence-electron chi connectivity index (χ2n) is 7.41. The Hall–Kier alpha value is -3.35. The quantitative estimate of drug-likeness (QED) is 0.518. The third kappa shape index (κ3) is 4.87. The van der Waals surface area contributed by atoms with Crippen LogP contribution in [-0.4, -0.2) is 48.5 Å². The van der Waals surface area contributed by atoms with Gasteiger partial charge in [0.05, 0.1) is 25.7 Å². The highest BCUT2D eigenvalue weighted by Crippen LogP contribution is 2.38. The van der Waals surface area contributed by atoms with Gasteiger partial charge in [-0.15, -0.1) is 0 Å². The number of likely N-dealkylation sites (tertiary alicyclic amines) is 1. The van der Waals surface area contributed by atoms with Crippen LogP contribution in [0, 0.1) is 5.41 Å². The molecule has 2 aromatic rings. The van der Waals surface area contributed by atoms with Crippen molar-refractivity contribution in [2.45, 2.75) is 32.9 Å². The Kier molecular flexibility index (Phi) is 7.28. The summed E-state index contributed by atoms with van der Waals surface area (Å²) >= 11 is 0. The smallest absolute Gasteiger partial charge is 0.326 e. The van der Waals surface area contributed by atoms with Gasteiger partial charge in [-0.1, -0.05) is 48.5 Å². The van der Waals surface area contributed by atoms with Crippen molar-refractivity contribution in [2.24, 2.45) is 5.41 Å². The van der Waals surface area contributed by atoms with Crippen LogP contribution in [0.5, 0.6) is 0 Å². The zero-order chi connectivity index (χ0) is 22.3. The molecule has 0 spiro atoms. The van der Waals surface area contributed by atoms with Crippen LogP contribution in [0.2, 0.25) is 0 Å². The molecule has 0 saturated carbocycles. The SMILES string of the molecule is CCOC(=O)C1(C(=O)OCC)CC(=O)N(Cc2ccccc2)CC1Nc1ccccc1. The monoisotopic (exact) mass is 424 g/mol. The first-order valence-corrected chi connectivity index (χ1v) is 10.5. The molecule has 1 saturated heterocycles. The minimum absolute atomic E-state index is 0.0972. The molecule has 1 N–H and O–H groups in total. The van der Waals surface area contributed by atoms with Crippen molar-refractivity contribution in [3.05, 3.63) is 66.2 Å². The van der Waals surface area contributed by atoms with Gasteiger partial charge in [-0.05, 0) is 31.5 Å². The Bertz CT molecular complexity index is 883. The number of carbonyl (C=O) groups excluding carboxylic acids is 3. The average Bonchev–Trinajstić information content (AvgIpc) is 2.77. The maximum atomic E-state index is 13.1. The van der Waals surface area contributed by atoms with Gasteiger partial charge in [-0.3, -0.25) is 14.4 Å². The zero-order valence-electron chi connectivity index (χ0n) is 17.9. The Morgan fingerprint density at radius 2 is 1.52 bits per heavy atom. The van der Waals surface area contributed by atoms with Crippen molar-refractivity contribution in [3.63, 3.8) is 0 Å². The van der Waals surface area contributed by atoms with Gasteiger partial charge in [-0.25, -0.2) is 0 Å². The van der Waals surface area contributed by atoms with E-state index in [0.717, 1.165) is 11.3 Å². The molecule has 0 aromatic heterocycles. The van der Waals surface area contributed by atoms with E-state index < -0.39 is 23.4 Å². The van der Waals surface area contributed by atoms with Gasteiger partial charge in [0.15, 0.2) is 5.41 Å². The third-order valence-corrected chi connectivity index (χ3v) is 5.39. The molecule has 164 valence electrons. The number of nitrogens with zero attached hydrogens (tertiary/aromatic N) is 1. The molecule has 1 fully saturated rings. The number of esters is 2. The molecule has 1 aliphatic heterocycles. The Balaban J connectivity index is 1.99. The fourth-order valence-corrected chi connectivity index (χ4v) is 3.84. The molecule has 7 nitrogen and oxygen atoms in total. The number of rotatable bonds is 8. The van der Waals surface area contributed by atoms with Gasteiger partial charge in [0.2, 0.25) is 5.91 Å². The highest BCUT2D eigenvalue weighted by Gasteiger charge is 2.60. The van der Waals surface area contributed by atoms with Gasteiger partial charge < -0.3 is 19.7 Å². The third-order valence-electron chi connectivity index (χ3n) is 5.39. The van der Waals surface area contributed by atoms with Crippen LogP contribution < -0.4 is 5.32 Å². The van der Waals surface area contributed by atoms with Crippen LogP contribution in [-0.2, 0) is 30.4 Å². The molecule has 3 rings (SSSR count). The summed E-state index contributed by atoms with van der Waals surface area (Å²) in [6.45, 7) is 4.07. The summed E-state index contributed by atoms with van der Waals surface area (Å²) in [6, 6.07) is 18.2. The molecule has 1 unspecified atom stereocenters. The lowest BCUT2D eigenvalue weighted by Gasteiger charge is -2.44. The normalized spacial score (nSPS) is 17.7. The fraction of sp³-hybridized carbons (Fsp3) is 0.375. The van der Waals surface area contributed by atoms with Crippen molar-refractivity contribution in [1.29, 1.82) is 0 Å². The summed E-state index contributed by atoms with van der Waals surface area (Å²) in [5.74, 6) is -1.78. The van der Waals surface area contributed by atoms with Crippen LogP contribution in [0.25, 0.3) is 0 Å². The Morgan fingerprint density at radius 1 is 0.968 bits per heavy atom. The molecule has 1 aliphatic rings. The lowest BCUT2D eigenvalue weighted by molar-refractivity contribution is -0.180. The number of hydrogen-bond acceptors (Lipinski definition) is 6. The van der Waals surface area contributed by atoms with Gasteiger partial charge in [0.1, 0.15) is 0 Å². The number of anilines is 1. The number of hydrogen-bond donors (Lipinski definition) is 1. The van der Waals surface area contributed by atoms with Crippen molar-refractivity contribution < 1.29 is 23.9 Å². The Morgan fingerprint density at radius 3 is 2.06 bits per heavy atom. The molecule has 0 bridgehead atoms. The van der Waals surface area contributed by atoms with E-state index >= 15 is 0 Å². The molecule has 31 heavy (non-hydrogen) atoms. The topological polar surface area (TPSA) is 84.9 Å². The van der Waals surface area contributed by atoms with Gasteiger partial charge in [-0.2, -0.15) is 0 Å². The molecule has 1 heterocycles. The maximum Gasteiger partial charge on any atom is 0.326 e. The summed E-state index contributed by atoms with van der Waals surface area (Å²) in [5.41, 5.74) is -0.0554. The van der Waals surface area contributed by atoms with Gasteiger partial charge >= 0.3 is 11.9 Å². The summed E-state index contributed by atoms with van der Waals surface area (Å²) in [5, 5.41) is 3.29. The van der Waals surface area contributed by atoms with E-state index in [-0.39, 0.29) is 32.1 Å². The molecule has 1 atom stereocenters. The van der Waals surface area contributed by atoms with Crippen LogP contribution in [0.15, 0.2) is 60.7 Å². The summed E-state index contributed by atoms with van der Waals surface area (Å²) in [6.07, 6.45) is -0.317. The fourth-order valence-electron chi connectivity index (χ4n) is 3.84. The first-order valence-electron chi connectivity index (χ1n) is 10.5. The molecule has 2 aromatic carbocycles. The van der Waals surface area contributed by atoms with E-state index in [9.17, 15) is 14.4 Å². The number of amides is 1. The summed E-state index contributed by atoms with van der Waals surface area (Å²) in [7, 11) is 0. The minimum Gasteiger partial charge on any atom is -0.465 e. The van der Waals surface area contributed by atoms with E-state index in [4.69, 9.17) is 9.47 Å². The summed E-state index contributed by atoms with van der Waals surface area (Å²) in [4.78, 5) is 41.0. The number of benzene rings is 2. The standard InChI is InChI=1S/C24H28N2O5/c1-3-30-22(28)24(23(29)31-4-2)15-21(27)26(16-18-11-7-5-8-12-18)17-20(24)25-19-13-9-6-10-14-19/h5-14,20,25H,3-4,15-17H2,1-2H3. The van der Waals surface area contributed by atoms with E-state index in [1.165, 1.54) is 0 Å². The summed E-state index contributed by atoms with van der Waals surface area (Å²) < 4.78 is 10.5. The van der Waals surface area contributed by atoms with E-state index in [0.29, 0.717) is 6.54 Å². The Labute approximate surface area is 182 Å². The lowest BCUT2D eigenvalue weighted by atomic mass is 9.73. The molecular formula is C24H28N2O5. The van der Waals surface area contributed by atoms with Gasteiger partial charge in [0.25, 0.3) is 0 Å². The number of ether oxygens (including phenoxy) is 2. The van der Waals surface area contributed by atoms with Crippen molar-refractivity contribution in [3.8, 4) is 0 Å². The first-order chi connectivity index (χ1) is 15.0. The number of piperidine rings is 1.